The largest absolute Gasteiger partial charge is 0.385 e. The number of benzene rings is 1. The summed E-state index contributed by atoms with van der Waals surface area (Å²) in [5, 5.41) is 3.38. The van der Waals surface area contributed by atoms with Gasteiger partial charge in [0.25, 0.3) is 0 Å². The summed E-state index contributed by atoms with van der Waals surface area (Å²) in [6.07, 6.45) is 1.04. The van der Waals surface area contributed by atoms with E-state index in [1.54, 1.807) is 0 Å². The molecule has 0 radical (unpaired) electrons. The van der Waals surface area contributed by atoms with E-state index in [-0.39, 0.29) is 6.04 Å². The van der Waals surface area contributed by atoms with Crippen molar-refractivity contribution in [2.24, 2.45) is 5.73 Å². The van der Waals surface area contributed by atoms with E-state index in [4.69, 9.17) is 5.73 Å². The lowest BCUT2D eigenvalue weighted by atomic mass is 9.94. The molecule has 2 nitrogen and oxygen atoms in total. The number of nitrogens with two attached hydrogens (primary N) is 1. The highest BCUT2D eigenvalue weighted by atomic mass is 14.9. The Bertz CT molecular complexity index is 331. The van der Waals surface area contributed by atoms with Crippen LogP contribution < -0.4 is 11.1 Å². The molecule has 0 bridgehead atoms. The smallest absolute Gasteiger partial charge is 0.0391 e. The number of hydrogen-bond donors (Lipinski definition) is 2. The summed E-state index contributed by atoms with van der Waals surface area (Å²) < 4.78 is 0. The zero-order chi connectivity index (χ0) is 9.42. The second-order valence-corrected chi connectivity index (χ2v) is 3.85. The molecule has 2 heteroatoms. The van der Waals surface area contributed by atoms with Crippen molar-refractivity contribution >= 4 is 5.69 Å². The van der Waals surface area contributed by atoms with Crippen molar-refractivity contribution in [3.8, 4) is 0 Å². The van der Waals surface area contributed by atoms with Crippen molar-refractivity contribution in [3.63, 3.8) is 0 Å². The van der Waals surface area contributed by atoms with E-state index in [0.717, 1.165) is 13.0 Å². The van der Waals surface area contributed by atoms with E-state index in [2.05, 4.69) is 31.3 Å². The predicted molar refractivity (Wildman–Crippen MR) is 56.0 cm³/mol. The van der Waals surface area contributed by atoms with E-state index in [1.807, 2.05) is 0 Å². The molecule has 70 valence electrons. The molecule has 1 heterocycles. The van der Waals surface area contributed by atoms with Crippen molar-refractivity contribution in [2.75, 3.05) is 11.9 Å². The van der Waals surface area contributed by atoms with Crippen LogP contribution in [-0.2, 0) is 0 Å². The number of fused-ring (bicyclic) bond motifs is 1. The van der Waals surface area contributed by atoms with Gasteiger partial charge in [0.15, 0.2) is 0 Å². The summed E-state index contributed by atoms with van der Waals surface area (Å²) >= 11 is 0. The number of anilines is 1. The van der Waals surface area contributed by atoms with Gasteiger partial charge in [0.05, 0.1) is 0 Å². The second kappa shape index (κ2) is 3.04. The molecule has 1 aliphatic heterocycles. The highest BCUT2D eigenvalue weighted by Crippen LogP contribution is 2.30. The van der Waals surface area contributed by atoms with Gasteiger partial charge in [-0.3, -0.25) is 0 Å². The van der Waals surface area contributed by atoms with Crippen molar-refractivity contribution < 1.29 is 0 Å². The first-order chi connectivity index (χ1) is 6.18. The molecule has 3 N–H and O–H groups in total. The summed E-state index contributed by atoms with van der Waals surface area (Å²) in [4.78, 5) is 0. The third-order valence-corrected chi connectivity index (χ3v) is 2.84. The van der Waals surface area contributed by atoms with Gasteiger partial charge in [-0.05, 0) is 43.0 Å². The number of nitrogens with one attached hydrogen (secondary N) is 1. The number of aryl methyl sites for hydroxylation is 2. The minimum atomic E-state index is 0.218. The van der Waals surface area contributed by atoms with E-state index < -0.39 is 0 Å². The average molecular weight is 176 g/mol. The molecule has 0 amide bonds. The Labute approximate surface area is 79.1 Å². The highest BCUT2D eigenvalue weighted by molar-refractivity contribution is 5.58. The van der Waals surface area contributed by atoms with E-state index in [1.165, 1.54) is 22.4 Å². The van der Waals surface area contributed by atoms with Gasteiger partial charge >= 0.3 is 0 Å². The third-order valence-electron chi connectivity index (χ3n) is 2.84. The van der Waals surface area contributed by atoms with Gasteiger partial charge in [-0.2, -0.15) is 0 Å². The molecule has 2 rings (SSSR count). The maximum Gasteiger partial charge on any atom is 0.0391 e. The maximum atomic E-state index is 6.03. The van der Waals surface area contributed by atoms with Crippen LogP contribution in [-0.4, -0.2) is 6.54 Å². The summed E-state index contributed by atoms with van der Waals surface area (Å²) in [6.45, 7) is 5.27. The fourth-order valence-electron chi connectivity index (χ4n) is 1.82. The fourth-order valence-corrected chi connectivity index (χ4v) is 1.82. The Kier molecular flexibility index (Phi) is 2.00. The van der Waals surface area contributed by atoms with Crippen molar-refractivity contribution in [2.45, 2.75) is 26.3 Å². The molecule has 0 saturated carbocycles. The summed E-state index contributed by atoms with van der Waals surface area (Å²) in [5.41, 5.74) is 11.2. The lowest BCUT2D eigenvalue weighted by molar-refractivity contribution is 0.654. The summed E-state index contributed by atoms with van der Waals surface area (Å²) in [5.74, 6) is 0. The fraction of sp³-hybridized carbons (Fsp3) is 0.455. The van der Waals surface area contributed by atoms with Crippen LogP contribution in [0, 0.1) is 13.8 Å². The zero-order valence-corrected chi connectivity index (χ0v) is 8.22. The molecule has 0 fully saturated rings. The van der Waals surface area contributed by atoms with Crippen LogP contribution in [0.25, 0.3) is 0 Å². The number of rotatable bonds is 0. The lowest BCUT2D eigenvalue weighted by Crippen LogP contribution is -2.22. The van der Waals surface area contributed by atoms with Crippen LogP contribution in [0.2, 0.25) is 0 Å². The molecule has 1 aromatic carbocycles. The van der Waals surface area contributed by atoms with Crippen molar-refractivity contribution in [1.29, 1.82) is 0 Å². The second-order valence-electron chi connectivity index (χ2n) is 3.85. The highest BCUT2D eigenvalue weighted by Gasteiger charge is 2.16. The standard InChI is InChI=1S/C11H16N2/c1-7-5-9-10(12)3-4-13-11(9)6-8(7)2/h5-6,10,13H,3-4,12H2,1-2H3. The minimum absolute atomic E-state index is 0.218. The summed E-state index contributed by atoms with van der Waals surface area (Å²) in [7, 11) is 0. The SMILES string of the molecule is Cc1cc2c(cc1C)C(N)CCN2. The minimum Gasteiger partial charge on any atom is -0.385 e. The first kappa shape index (κ1) is 8.57. The Morgan fingerprint density at radius 2 is 2.00 bits per heavy atom. The third kappa shape index (κ3) is 1.42. The van der Waals surface area contributed by atoms with Crippen molar-refractivity contribution in [1.82, 2.24) is 0 Å². The molecule has 13 heavy (non-hydrogen) atoms. The van der Waals surface area contributed by atoms with Crippen LogP contribution >= 0.6 is 0 Å². The van der Waals surface area contributed by atoms with Crippen molar-refractivity contribution in [3.05, 3.63) is 28.8 Å². The molecule has 0 spiro atoms. The van der Waals surface area contributed by atoms with E-state index in [9.17, 15) is 0 Å². The maximum absolute atomic E-state index is 6.03. The molecule has 1 unspecified atom stereocenters. The molecule has 0 aromatic heterocycles. The Balaban J connectivity index is 2.52. The van der Waals surface area contributed by atoms with Crippen LogP contribution in [0.3, 0.4) is 0 Å². The van der Waals surface area contributed by atoms with Crippen LogP contribution in [0.4, 0.5) is 5.69 Å². The Morgan fingerprint density at radius 1 is 1.31 bits per heavy atom. The topological polar surface area (TPSA) is 38.0 Å². The van der Waals surface area contributed by atoms with E-state index in [0.29, 0.717) is 0 Å². The lowest BCUT2D eigenvalue weighted by Gasteiger charge is -2.24. The van der Waals surface area contributed by atoms with Gasteiger partial charge in [-0.25, -0.2) is 0 Å². The first-order valence-corrected chi connectivity index (χ1v) is 4.79. The number of hydrogen-bond acceptors (Lipinski definition) is 2. The monoisotopic (exact) mass is 176 g/mol. The van der Waals surface area contributed by atoms with Gasteiger partial charge in [0.1, 0.15) is 0 Å². The van der Waals surface area contributed by atoms with Gasteiger partial charge in [0.2, 0.25) is 0 Å². The normalized spacial score (nSPS) is 20.7. The summed E-state index contributed by atoms with van der Waals surface area (Å²) in [6, 6.07) is 4.63. The van der Waals surface area contributed by atoms with Gasteiger partial charge in [0, 0.05) is 18.3 Å². The van der Waals surface area contributed by atoms with Crippen LogP contribution in [0.1, 0.15) is 29.2 Å². The molecular formula is C11H16N2. The molecule has 0 saturated heterocycles. The van der Waals surface area contributed by atoms with Gasteiger partial charge in [-0.15, -0.1) is 0 Å². The first-order valence-electron chi connectivity index (χ1n) is 4.79. The van der Waals surface area contributed by atoms with Gasteiger partial charge < -0.3 is 11.1 Å². The molecule has 1 atom stereocenters. The van der Waals surface area contributed by atoms with E-state index >= 15 is 0 Å². The Hall–Kier alpha value is -1.02. The van der Waals surface area contributed by atoms with Gasteiger partial charge in [-0.1, -0.05) is 6.07 Å². The average Bonchev–Trinajstić information content (AvgIpc) is 2.09. The molecular weight excluding hydrogens is 160 g/mol. The molecule has 1 aromatic rings. The molecule has 0 aliphatic carbocycles. The molecule has 1 aliphatic rings. The quantitative estimate of drug-likeness (QED) is 0.635. The Morgan fingerprint density at radius 3 is 2.77 bits per heavy atom. The zero-order valence-electron chi connectivity index (χ0n) is 8.22. The predicted octanol–water partition coefficient (Wildman–Crippen LogP) is 2.12. The van der Waals surface area contributed by atoms with Crippen LogP contribution in [0.15, 0.2) is 12.1 Å². The van der Waals surface area contributed by atoms with Crippen LogP contribution in [0.5, 0.6) is 0 Å².